The second kappa shape index (κ2) is 8.37. The molecule has 0 aliphatic carbocycles. The van der Waals surface area contributed by atoms with Gasteiger partial charge in [0.25, 0.3) is 5.91 Å². The molecule has 0 spiro atoms. The van der Waals surface area contributed by atoms with Gasteiger partial charge >= 0.3 is 6.36 Å². The van der Waals surface area contributed by atoms with E-state index < -0.39 is 6.36 Å². The van der Waals surface area contributed by atoms with E-state index in [9.17, 15) is 18.0 Å². The number of carbonyl (C=O) groups excluding carboxylic acids is 1. The first-order valence-electron chi connectivity index (χ1n) is 9.88. The third-order valence-corrected chi connectivity index (χ3v) is 5.29. The number of nitrogens with zero attached hydrogens (tertiary/aromatic N) is 5. The second-order valence-electron chi connectivity index (χ2n) is 7.30. The van der Waals surface area contributed by atoms with Crippen LogP contribution in [0.2, 0.25) is 0 Å². The molecule has 0 saturated carbocycles. The molecule has 30 heavy (non-hydrogen) atoms. The maximum absolute atomic E-state index is 12.6. The molecule has 0 bridgehead atoms. The topological polar surface area (TPSA) is 61.8 Å². The van der Waals surface area contributed by atoms with Gasteiger partial charge in [0.1, 0.15) is 5.75 Å². The Morgan fingerprint density at radius 1 is 0.800 bits per heavy atom. The Labute approximate surface area is 172 Å². The number of rotatable bonds is 4. The summed E-state index contributed by atoms with van der Waals surface area (Å²) < 4.78 is 40.6. The van der Waals surface area contributed by atoms with E-state index >= 15 is 0 Å². The number of amides is 1. The Bertz CT molecular complexity index is 860. The summed E-state index contributed by atoms with van der Waals surface area (Å²) in [4.78, 5) is 18.6. The number of hydrogen-bond donors (Lipinski definition) is 0. The number of halogens is 3. The van der Waals surface area contributed by atoms with Crippen molar-refractivity contribution >= 4 is 17.5 Å². The summed E-state index contributed by atoms with van der Waals surface area (Å²) in [6, 6.07) is 8.92. The first kappa shape index (κ1) is 20.2. The van der Waals surface area contributed by atoms with Gasteiger partial charge in [-0.1, -0.05) is 0 Å². The van der Waals surface area contributed by atoms with Crippen LogP contribution in [0, 0.1) is 0 Å². The highest BCUT2D eigenvalue weighted by atomic mass is 19.4. The van der Waals surface area contributed by atoms with Crippen LogP contribution in [0.1, 0.15) is 23.2 Å². The number of aromatic nitrogens is 2. The van der Waals surface area contributed by atoms with Gasteiger partial charge in [0.15, 0.2) is 11.6 Å². The molecule has 3 heterocycles. The molecule has 7 nitrogen and oxygen atoms in total. The number of hydrogen-bond acceptors (Lipinski definition) is 6. The monoisotopic (exact) mass is 421 g/mol. The van der Waals surface area contributed by atoms with E-state index in [4.69, 9.17) is 0 Å². The Balaban J connectivity index is 1.32. The summed E-state index contributed by atoms with van der Waals surface area (Å²) in [7, 11) is 0. The van der Waals surface area contributed by atoms with Crippen LogP contribution in [0.5, 0.6) is 5.75 Å². The lowest BCUT2D eigenvalue weighted by molar-refractivity contribution is -0.274. The van der Waals surface area contributed by atoms with Crippen LogP contribution in [0.15, 0.2) is 36.4 Å². The highest BCUT2D eigenvalue weighted by molar-refractivity contribution is 5.94. The quantitative estimate of drug-likeness (QED) is 0.757. The average Bonchev–Trinajstić information content (AvgIpc) is 3.28. The van der Waals surface area contributed by atoms with Gasteiger partial charge in [0.2, 0.25) is 0 Å². The average molecular weight is 421 g/mol. The molecule has 0 N–H and O–H groups in total. The third-order valence-electron chi connectivity index (χ3n) is 5.29. The molecule has 0 unspecified atom stereocenters. The van der Waals surface area contributed by atoms with E-state index in [1.807, 2.05) is 12.1 Å². The van der Waals surface area contributed by atoms with E-state index in [1.54, 1.807) is 4.90 Å². The largest absolute Gasteiger partial charge is 0.573 e. The number of piperazine rings is 1. The molecular weight excluding hydrogens is 399 g/mol. The van der Waals surface area contributed by atoms with Crippen molar-refractivity contribution in [1.29, 1.82) is 0 Å². The Morgan fingerprint density at radius 3 is 1.83 bits per heavy atom. The molecule has 2 saturated heterocycles. The molecule has 2 aliphatic heterocycles. The first-order valence-corrected chi connectivity index (χ1v) is 9.88. The van der Waals surface area contributed by atoms with Crippen LogP contribution >= 0.6 is 0 Å². The number of anilines is 2. The molecule has 160 valence electrons. The van der Waals surface area contributed by atoms with Crippen molar-refractivity contribution in [3.8, 4) is 5.75 Å². The van der Waals surface area contributed by atoms with Crippen molar-refractivity contribution in [2.45, 2.75) is 19.2 Å². The van der Waals surface area contributed by atoms with Crippen LogP contribution in [-0.4, -0.2) is 66.6 Å². The van der Waals surface area contributed by atoms with Crippen molar-refractivity contribution in [2.24, 2.45) is 0 Å². The fraction of sp³-hybridized carbons (Fsp3) is 0.450. The van der Waals surface area contributed by atoms with E-state index in [1.165, 1.54) is 25.0 Å². The Hall–Kier alpha value is -3.04. The lowest BCUT2D eigenvalue weighted by Crippen LogP contribution is -2.49. The van der Waals surface area contributed by atoms with Crippen molar-refractivity contribution < 1.29 is 22.7 Å². The minimum Gasteiger partial charge on any atom is -0.406 e. The molecule has 0 atom stereocenters. The normalized spacial score (nSPS) is 17.4. The Morgan fingerprint density at radius 2 is 1.33 bits per heavy atom. The highest BCUT2D eigenvalue weighted by Gasteiger charge is 2.31. The number of benzene rings is 1. The molecule has 2 fully saturated rings. The molecule has 10 heteroatoms. The van der Waals surface area contributed by atoms with Crippen molar-refractivity contribution in [1.82, 2.24) is 15.1 Å². The summed E-state index contributed by atoms with van der Waals surface area (Å²) in [5.74, 6) is 1.10. The van der Waals surface area contributed by atoms with Crippen LogP contribution in [-0.2, 0) is 0 Å². The van der Waals surface area contributed by atoms with Gasteiger partial charge in [0, 0.05) is 44.8 Å². The minimum atomic E-state index is -4.75. The lowest BCUT2D eigenvalue weighted by atomic mass is 10.1. The number of alkyl halides is 3. The third kappa shape index (κ3) is 4.74. The second-order valence-corrected chi connectivity index (χ2v) is 7.30. The number of carbonyl (C=O) groups is 1. The molecule has 2 aromatic rings. The molecule has 4 rings (SSSR count). The van der Waals surface area contributed by atoms with Gasteiger partial charge in [-0.2, -0.15) is 0 Å². The maximum Gasteiger partial charge on any atom is 0.573 e. The van der Waals surface area contributed by atoms with Crippen LogP contribution in [0.25, 0.3) is 0 Å². The van der Waals surface area contributed by atoms with Gasteiger partial charge in [-0.15, -0.1) is 23.4 Å². The van der Waals surface area contributed by atoms with Gasteiger partial charge in [-0.25, -0.2) is 0 Å². The molecule has 1 amide bonds. The molecular formula is C20H22F3N5O2. The zero-order chi connectivity index (χ0) is 21.1. The van der Waals surface area contributed by atoms with Crippen LogP contribution in [0.3, 0.4) is 0 Å². The molecule has 1 aromatic heterocycles. The van der Waals surface area contributed by atoms with E-state index in [0.29, 0.717) is 31.7 Å². The van der Waals surface area contributed by atoms with Gasteiger partial charge in [0.05, 0.1) is 0 Å². The predicted molar refractivity (Wildman–Crippen MR) is 105 cm³/mol. The minimum absolute atomic E-state index is 0.219. The van der Waals surface area contributed by atoms with Gasteiger partial charge in [-0.05, 0) is 49.2 Å². The SMILES string of the molecule is O=C(c1ccc(OC(F)(F)F)cc1)N1CCN(c2ccc(N3CCCC3)nn2)CC1. The van der Waals surface area contributed by atoms with E-state index in [-0.39, 0.29) is 11.7 Å². The van der Waals surface area contributed by atoms with E-state index in [0.717, 1.165) is 36.9 Å². The smallest absolute Gasteiger partial charge is 0.406 e. The fourth-order valence-corrected chi connectivity index (χ4v) is 3.72. The fourth-order valence-electron chi connectivity index (χ4n) is 3.72. The van der Waals surface area contributed by atoms with Crippen LogP contribution in [0.4, 0.5) is 24.8 Å². The van der Waals surface area contributed by atoms with Crippen LogP contribution < -0.4 is 14.5 Å². The zero-order valence-corrected chi connectivity index (χ0v) is 16.3. The molecule has 0 radical (unpaired) electrons. The maximum atomic E-state index is 12.6. The molecule has 1 aromatic carbocycles. The summed E-state index contributed by atoms with van der Waals surface area (Å²) in [6.07, 6.45) is -2.40. The molecule has 2 aliphatic rings. The summed E-state index contributed by atoms with van der Waals surface area (Å²) in [6.45, 7) is 4.23. The number of ether oxygens (including phenoxy) is 1. The predicted octanol–water partition coefficient (Wildman–Crippen LogP) is 2.94. The summed E-state index contributed by atoms with van der Waals surface area (Å²) >= 11 is 0. The Kier molecular flexibility index (Phi) is 5.65. The summed E-state index contributed by atoms with van der Waals surface area (Å²) in [5.41, 5.74) is 0.327. The van der Waals surface area contributed by atoms with Gasteiger partial charge < -0.3 is 19.4 Å². The van der Waals surface area contributed by atoms with Crippen molar-refractivity contribution in [3.63, 3.8) is 0 Å². The first-order chi connectivity index (χ1) is 14.4. The zero-order valence-electron chi connectivity index (χ0n) is 16.3. The lowest BCUT2D eigenvalue weighted by Gasteiger charge is -2.35. The van der Waals surface area contributed by atoms with Crippen molar-refractivity contribution in [2.75, 3.05) is 49.1 Å². The van der Waals surface area contributed by atoms with Gasteiger partial charge in [-0.3, -0.25) is 4.79 Å². The van der Waals surface area contributed by atoms with Crippen molar-refractivity contribution in [3.05, 3.63) is 42.0 Å². The highest BCUT2D eigenvalue weighted by Crippen LogP contribution is 2.24. The van der Waals surface area contributed by atoms with E-state index in [2.05, 4.69) is 24.7 Å². The summed E-state index contributed by atoms with van der Waals surface area (Å²) in [5, 5.41) is 8.67. The standard InChI is InChI=1S/C20H22F3N5O2/c21-20(22,23)30-16-5-3-15(4-6-16)19(29)28-13-11-27(12-14-28)18-8-7-17(24-25-18)26-9-1-2-10-26/h3-8H,1-2,9-14H2.